The predicted molar refractivity (Wildman–Crippen MR) is 65.3 cm³/mol. The SMILES string of the molecule is CC(C)c1coc2c(CCN)cnc(N)c12. The van der Waals surface area contributed by atoms with Crippen molar-refractivity contribution in [3.63, 3.8) is 0 Å². The van der Waals surface area contributed by atoms with Gasteiger partial charge in [-0.2, -0.15) is 0 Å². The summed E-state index contributed by atoms with van der Waals surface area (Å²) < 4.78 is 5.60. The first-order chi connectivity index (χ1) is 7.65. The maximum absolute atomic E-state index is 5.90. The van der Waals surface area contributed by atoms with Gasteiger partial charge in [-0.3, -0.25) is 0 Å². The van der Waals surface area contributed by atoms with E-state index in [9.17, 15) is 0 Å². The standard InChI is InChI=1S/C12H17N3O/c1-7(2)9-6-16-11-8(3-4-13)5-15-12(14)10(9)11/h5-7H,3-4,13H2,1-2H3,(H2,14,15). The van der Waals surface area contributed by atoms with Gasteiger partial charge in [0.1, 0.15) is 11.4 Å². The van der Waals surface area contributed by atoms with E-state index in [1.807, 2.05) is 0 Å². The summed E-state index contributed by atoms with van der Waals surface area (Å²) in [4.78, 5) is 4.20. The number of pyridine rings is 1. The van der Waals surface area contributed by atoms with E-state index in [0.717, 1.165) is 28.5 Å². The molecule has 0 aromatic carbocycles. The van der Waals surface area contributed by atoms with E-state index in [1.54, 1.807) is 12.5 Å². The lowest BCUT2D eigenvalue weighted by molar-refractivity contribution is 0.601. The lowest BCUT2D eigenvalue weighted by Gasteiger charge is -2.05. The number of anilines is 1. The molecular weight excluding hydrogens is 202 g/mol. The molecule has 2 aromatic heterocycles. The minimum absolute atomic E-state index is 0.374. The highest BCUT2D eigenvalue weighted by molar-refractivity contribution is 5.92. The quantitative estimate of drug-likeness (QED) is 0.828. The molecule has 2 heterocycles. The molecule has 0 spiro atoms. The third-order valence-corrected chi connectivity index (χ3v) is 2.76. The highest BCUT2D eigenvalue weighted by Gasteiger charge is 2.15. The van der Waals surface area contributed by atoms with E-state index >= 15 is 0 Å². The van der Waals surface area contributed by atoms with E-state index in [2.05, 4.69) is 18.8 Å². The Kier molecular flexibility index (Phi) is 2.83. The normalized spacial score (nSPS) is 11.5. The summed E-state index contributed by atoms with van der Waals surface area (Å²) in [6.07, 6.45) is 4.28. The van der Waals surface area contributed by atoms with E-state index in [0.29, 0.717) is 18.3 Å². The van der Waals surface area contributed by atoms with Crippen LogP contribution in [0.15, 0.2) is 16.9 Å². The molecule has 0 aliphatic heterocycles. The second-order valence-electron chi connectivity index (χ2n) is 4.26. The molecule has 0 radical (unpaired) electrons. The number of fused-ring (bicyclic) bond motifs is 1. The Balaban J connectivity index is 2.68. The Morgan fingerprint density at radius 2 is 2.19 bits per heavy atom. The van der Waals surface area contributed by atoms with Crippen molar-refractivity contribution in [3.05, 3.63) is 23.6 Å². The lowest BCUT2D eigenvalue weighted by atomic mass is 10.0. The first kappa shape index (κ1) is 11.0. The van der Waals surface area contributed by atoms with Crippen LogP contribution in [0.2, 0.25) is 0 Å². The molecule has 0 aliphatic rings. The smallest absolute Gasteiger partial charge is 0.142 e. The Hall–Kier alpha value is -1.55. The van der Waals surface area contributed by atoms with Crippen molar-refractivity contribution in [2.45, 2.75) is 26.2 Å². The fourth-order valence-electron chi connectivity index (χ4n) is 1.90. The van der Waals surface area contributed by atoms with Gasteiger partial charge in [-0.25, -0.2) is 4.98 Å². The number of furan rings is 1. The average Bonchev–Trinajstić information content (AvgIpc) is 2.68. The Labute approximate surface area is 94.6 Å². The van der Waals surface area contributed by atoms with Crippen LogP contribution in [0.3, 0.4) is 0 Å². The molecular formula is C12H17N3O. The van der Waals surface area contributed by atoms with Gasteiger partial charge in [0.15, 0.2) is 0 Å². The number of rotatable bonds is 3. The van der Waals surface area contributed by atoms with Crippen LogP contribution in [-0.4, -0.2) is 11.5 Å². The number of nitrogens with zero attached hydrogens (tertiary/aromatic N) is 1. The van der Waals surface area contributed by atoms with E-state index in [1.165, 1.54) is 0 Å². The number of nitrogens with two attached hydrogens (primary N) is 2. The van der Waals surface area contributed by atoms with Crippen LogP contribution in [0.4, 0.5) is 5.82 Å². The number of aromatic nitrogens is 1. The molecule has 86 valence electrons. The molecule has 16 heavy (non-hydrogen) atoms. The van der Waals surface area contributed by atoms with Gasteiger partial charge >= 0.3 is 0 Å². The van der Waals surface area contributed by atoms with E-state index in [-0.39, 0.29) is 0 Å². The molecule has 4 heteroatoms. The van der Waals surface area contributed by atoms with Gasteiger partial charge in [-0.1, -0.05) is 13.8 Å². The molecule has 0 fully saturated rings. The van der Waals surface area contributed by atoms with Crippen molar-refractivity contribution >= 4 is 16.8 Å². The summed E-state index contributed by atoms with van der Waals surface area (Å²) in [7, 11) is 0. The topological polar surface area (TPSA) is 78.1 Å². The molecule has 0 saturated heterocycles. The molecule has 4 N–H and O–H groups in total. The molecule has 0 bridgehead atoms. The summed E-state index contributed by atoms with van der Waals surface area (Å²) in [6, 6.07) is 0. The van der Waals surface area contributed by atoms with E-state index in [4.69, 9.17) is 15.9 Å². The van der Waals surface area contributed by atoms with Crippen LogP contribution in [0, 0.1) is 0 Å². The zero-order valence-electron chi connectivity index (χ0n) is 9.66. The first-order valence-electron chi connectivity index (χ1n) is 5.49. The Bertz CT molecular complexity index is 502. The molecule has 0 saturated carbocycles. The average molecular weight is 219 g/mol. The number of nitrogen functional groups attached to an aromatic ring is 1. The second-order valence-corrected chi connectivity index (χ2v) is 4.26. The van der Waals surface area contributed by atoms with Crippen molar-refractivity contribution in [1.82, 2.24) is 4.98 Å². The second kappa shape index (κ2) is 4.14. The highest BCUT2D eigenvalue weighted by atomic mass is 16.3. The van der Waals surface area contributed by atoms with Crippen molar-refractivity contribution < 1.29 is 4.42 Å². The van der Waals surface area contributed by atoms with Crippen molar-refractivity contribution in [3.8, 4) is 0 Å². The van der Waals surface area contributed by atoms with Crippen molar-refractivity contribution in [2.24, 2.45) is 5.73 Å². The van der Waals surface area contributed by atoms with Gasteiger partial charge in [0, 0.05) is 17.3 Å². The summed E-state index contributed by atoms with van der Waals surface area (Å²) in [5.41, 5.74) is 14.4. The molecule has 0 unspecified atom stereocenters. The zero-order chi connectivity index (χ0) is 11.7. The molecule has 0 amide bonds. The first-order valence-corrected chi connectivity index (χ1v) is 5.49. The van der Waals surface area contributed by atoms with Crippen LogP contribution in [0.25, 0.3) is 11.0 Å². The predicted octanol–water partition coefficient (Wildman–Crippen LogP) is 2.03. The Morgan fingerprint density at radius 3 is 2.81 bits per heavy atom. The molecule has 2 aromatic rings. The molecule has 2 rings (SSSR count). The minimum atomic E-state index is 0.374. The molecule has 0 aliphatic carbocycles. The van der Waals surface area contributed by atoms with Crippen LogP contribution < -0.4 is 11.5 Å². The lowest BCUT2D eigenvalue weighted by Crippen LogP contribution is -2.04. The van der Waals surface area contributed by atoms with E-state index < -0.39 is 0 Å². The van der Waals surface area contributed by atoms with Gasteiger partial charge in [0.2, 0.25) is 0 Å². The summed E-state index contributed by atoms with van der Waals surface area (Å²) in [6.45, 7) is 4.80. The van der Waals surface area contributed by atoms with Gasteiger partial charge in [-0.05, 0) is 18.9 Å². The fraction of sp³-hybridized carbons (Fsp3) is 0.417. The molecule has 4 nitrogen and oxygen atoms in total. The number of hydrogen-bond donors (Lipinski definition) is 2. The number of hydrogen-bond acceptors (Lipinski definition) is 4. The minimum Gasteiger partial charge on any atom is -0.464 e. The van der Waals surface area contributed by atoms with Crippen LogP contribution in [0.1, 0.15) is 30.9 Å². The van der Waals surface area contributed by atoms with Gasteiger partial charge < -0.3 is 15.9 Å². The zero-order valence-corrected chi connectivity index (χ0v) is 9.66. The maximum atomic E-state index is 5.90. The highest BCUT2D eigenvalue weighted by Crippen LogP contribution is 2.32. The van der Waals surface area contributed by atoms with Gasteiger partial charge in [-0.15, -0.1) is 0 Å². The monoisotopic (exact) mass is 219 g/mol. The largest absolute Gasteiger partial charge is 0.464 e. The third-order valence-electron chi connectivity index (χ3n) is 2.76. The Morgan fingerprint density at radius 1 is 1.44 bits per heavy atom. The van der Waals surface area contributed by atoms with Crippen molar-refractivity contribution in [1.29, 1.82) is 0 Å². The van der Waals surface area contributed by atoms with Gasteiger partial charge in [0.05, 0.1) is 11.6 Å². The van der Waals surface area contributed by atoms with Gasteiger partial charge in [0.25, 0.3) is 0 Å². The summed E-state index contributed by atoms with van der Waals surface area (Å²) in [5.74, 6) is 0.909. The summed E-state index contributed by atoms with van der Waals surface area (Å²) in [5, 5.41) is 0.945. The summed E-state index contributed by atoms with van der Waals surface area (Å²) >= 11 is 0. The van der Waals surface area contributed by atoms with Crippen LogP contribution >= 0.6 is 0 Å². The van der Waals surface area contributed by atoms with Crippen LogP contribution in [0.5, 0.6) is 0 Å². The maximum Gasteiger partial charge on any atom is 0.142 e. The molecule has 0 atom stereocenters. The van der Waals surface area contributed by atoms with Crippen molar-refractivity contribution in [2.75, 3.05) is 12.3 Å². The third kappa shape index (κ3) is 1.65. The fourth-order valence-corrected chi connectivity index (χ4v) is 1.90. The van der Waals surface area contributed by atoms with Crippen LogP contribution in [-0.2, 0) is 6.42 Å².